The van der Waals surface area contributed by atoms with E-state index in [1.807, 2.05) is 13.8 Å². The molecule has 0 saturated heterocycles. The molecule has 0 aromatic rings. The van der Waals surface area contributed by atoms with Gasteiger partial charge in [0.2, 0.25) is 8.77 Å². The highest BCUT2D eigenvalue weighted by Gasteiger charge is 2.03. The monoisotopic (exact) mass is 296 g/mol. The van der Waals surface area contributed by atoms with E-state index < -0.39 is 0 Å². The second kappa shape index (κ2) is 10.4. The molecule has 0 aliphatic carbocycles. The summed E-state index contributed by atoms with van der Waals surface area (Å²) in [5.74, 6) is 1.53. The number of rotatable bonds is 6. The number of hydrogen-bond acceptors (Lipinski definition) is 6. The molecular weight excluding hydrogens is 280 g/mol. The number of thioether (sulfide) groups is 2. The maximum Gasteiger partial charge on any atom is 0.220 e. The predicted molar refractivity (Wildman–Crippen MR) is 82.5 cm³/mol. The Bertz CT molecular complexity index is 229. The van der Waals surface area contributed by atoms with Crippen LogP contribution in [0.15, 0.2) is 12.2 Å². The second-order valence-corrected chi connectivity index (χ2v) is 5.85. The van der Waals surface area contributed by atoms with Crippen molar-refractivity contribution in [3.05, 3.63) is 12.2 Å². The minimum atomic E-state index is 0.570. The highest BCUT2D eigenvalue weighted by Crippen LogP contribution is 2.16. The number of ether oxygens (including phenoxy) is 2. The van der Waals surface area contributed by atoms with E-state index in [0.717, 1.165) is 17.1 Å². The Morgan fingerprint density at radius 2 is 1.38 bits per heavy atom. The SMILES string of the molecule is C=C(CSC(=S)OCC)CSC(=S)OCC. The third kappa shape index (κ3) is 9.45. The van der Waals surface area contributed by atoms with Gasteiger partial charge in [0.05, 0.1) is 13.2 Å². The van der Waals surface area contributed by atoms with Crippen molar-refractivity contribution in [2.75, 3.05) is 24.7 Å². The summed E-state index contributed by atoms with van der Waals surface area (Å²) in [6.07, 6.45) is 0. The molecule has 0 heterocycles. The highest BCUT2D eigenvalue weighted by atomic mass is 32.2. The maximum absolute atomic E-state index is 5.15. The molecule has 0 bridgehead atoms. The molecule has 0 saturated carbocycles. The van der Waals surface area contributed by atoms with Crippen LogP contribution in [-0.4, -0.2) is 33.5 Å². The van der Waals surface area contributed by atoms with Crippen molar-refractivity contribution in [3.63, 3.8) is 0 Å². The fourth-order valence-electron chi connectivity index (χ4n) is 0.683. The van der Waals surface area contributed by atoms with Gasteiger partial charge in [0.25, 0.3) is 0 Å². The summed E-state index contributed by atoms with van der Waals surface area (Å²) >= 11 is 13.0. The average molecular weight is 297 g/mol. The summed E-state index contributed by atoms with van der Waals surface area (Å²) < 4.78 is 11.4. The molecule has 0 N–H and O–H groups in total. The lowest BCUT2D eigenvalue weighted by Gasteiger charge is -2.07. The minimum Gasteiger partial charge on any atom is -0.479 e. The molecule has 0 unspecified atom stereocenters. The number of hydrogen-bond donors (Lipinski definition) is 0. The van der Waals surface area contributed by atoms with Gasteiger partial charge >= 0.3 is 0 Å². The van der Waals surface area contributed by atoms with Crippen molar-refractivity contribution in [1.82, 2.24) is 0 Å². The molecule has 16 heavy (non-hydrogen) atoms. The van der Waals surface area contributed by atoms with Crippen LogP contribution in [0.25, 0.3) is 0 Å². The van der Waals surface area contributed by atoms with Crippen LogP contribution in [0.4, 0.5) is 0 Å². The Hall–Kier alpha value is 0.220. The number of thiocarbonyl (C=S) groups is 2. The summed E-state index contributed by atoms with van der Waals surface area (Å²) in [5.41, 5.74) is 1.07. The van der Waals surface area contributed by atoms with E-state index >= 15 is 0 Å². The van der Waals surface area contributed by atoms with Crippen LogP contribution in [0.3, 0.4) is 0 Å². The molecule has 92 valence electrons. The molecule has 0 amide bonds. The lowest BCUT2D eigenvalue weighted by molar-refractivity contribution is 0.346. The van der Waals surface area contributed by atoms with Crippen LogP contribution in [0.1, 0.15) is 13.8 Å². The van der Waals surface area contributed by atoms with Gasteiger partial charge in [-0.25, -0.2) is 0 Å². The Balaban J connectivity index is 3.59. The minimum absolute atomic E-state index is 0.570. The van der Waals surface area contributed by atoms with E-state index in [9.17, 15) is 0 Å². The summed E-state index contributed by atoms with van der Waals surface area (Å²) in [4.78, 5) is 0. The fourth-order valence-corrected chi connectivity index (χ4v) is 2.65. The van der Waals surface area contributed by atoms with Crippen LogP contribution in [0, 0.1) is 0 Å². The molecule has 0 rings (SSSR count). The van der Waals surface area contributed by atoms with E-state index in [1.54, 1.807) is 0 Å². The van der Waals surface area contributed by atoms with E-state index in [-0.39, 0.29) is 0 Å². The smallest absolute Gasteiger partial charge is 0.220 e. The van der Waals surface area contributed by atoms with Crippen molar-refractivity contribution in [3.8, 4) is 0 Å². The van der Waals surface area contributed by atoms with Gasteiger partial charge in [0.15, 0.2) is 0 Å². The molecule has 0 aliphatic heterocycles. The third-order valence-corrected chi connectivity index (χ3v) is 4.07. The summed E-state index contributed by atoms with van der Waals surface area (Å²) in [6, 6.07) is 0. The van der Waals surface area contributed by atoms with Crippen LogP contribution in [0.2, 0.25) is 0 Å². The van der Waals surface area contributed by atoms with Crippen molar-refractivity contribution in [1.29, 1.82) is 0 Å². The van der Waals surface area contributed by atoms with E-state index in [2.05, 4.69) is 6.58 Å². The Morgan fingerprint density at radius 1 is 1.00 bits per heavy atom. The average Bonchev–Trinajstić information content (AvgIpc) is 2.24. The van der Waals surface area contributed by atoms with E-state index in [4.69, 9.17) is 33.9 Å². The molecule has 0 atom stereocenters. The van der Waals surface area contributed by atoms with Gasteiger partial charge < -0.3 is 9.47 Å². The lowest BCUT2D eigenvalue weighted by atomic mass is 10.4. The quantitative estimate of drug-likeness (QED) is 0.546. The van der Waals surface area contributed by atoms with Crippen molar-refractivity contribution in [2.24, 2.45) is 0 Å². The summed E-state index contributed by atoms with van der Waals surface area (Å²) in [7, 11) is 0. The first-order chi connectivity index (χ1) is 7.60. The molecular formula is C10H16O2S4. The van der Waals surface area contributed by atoms with Gasteiger partial charge in [-0.3, -0.25) is 0 Å². The van der Waals surface area contributed by atoms with Crippen LogP contribution >= 0.6 is 48.0 Å². The van der Waals surface area contributed by atoms with Crippen LogP contribution in [0.5, 0.6) is 0 Å². The zero-order valence-corrected chi connectivity index (χ0v) is 12.8. The van der Waals surface area contributed by atoms with E-state index in [0.29, 0.717) is 22.0 Å². The van der Waals surface area contributed by atoms with Crippen molar-refractivity contribution in [2.45, 2.75) is 13.8 Å². The van der Waals surface area contributed by atoms with Gasteiger partial charge in [-0.1, -0.05) is 35.7 Å². The lowest BCUT2D eigenvalue weighted by Crippen LogP contribution is -2.02. The normalized spacial score (nSPS) is 9.62. The molecule has 0 spiro atoms. The van der Waals surface area contributed by atoms with Gasteiger partial charge in [-0.2, -0.15) is 0 Å². The van der Waals surface area contributed by atoms with Gasteiger partial charge in [0.1, 0.15) is 0 Å². The Kier molecular flexibility index (Phi) is 10.5. The zero-order chi connectivity index (χ0) is 12.4. The first kappa shape index (κ1) is 16.2. The maximum atomic E-state index is 5.15. The van der Waals surface area contributed by atoms with Crippen molar-refractivity contribution >= 4 is 56.7 Å². The predicted octanol–water partition coefficient (Wildman–Crippen LogP) is 3.65. The fraction of sp³-hybridized carbons (Fsp3) is 0.600. The third-order valence-electron chi connectivity index (χ3n) is 1.31. The van der Waals surface area contributed by atoms with Crippen LogP contribution in [-0.2, 0) is 9.47 Å². The molecule has 0 radical (unpaired) electrons. The molecule has 2 nitrogen and oxygen atoms in total. The van der Waals surface area contributed by atoms with Gasteiger partial charge in [0, 0.05) is 11.5 Å². The highest BCUT2D eigenvalue weighted by molar-refractivity contribution is 8.23. The first-order valence-electron chi connectivity index (χ1n) is 4.85. The summed E-state index contributed by atoms with van der Waals surface area (Å²) in [6.45, 7) is 9.00. The van der Waals surface area contributed by atoms with Gasteiger partial charge in [-0.05, 0) is 38.3 Å². The zero-order valence-electron chi connectivity index (χ0n) is 9.49. The molecule has 0 fully saturated rings. The summed E-state index contributed by atoms with van der Waals surface area (Å²) in [5, 5.41) is 0. The Morgan fingerprint density at radius 3 is 1.69 bits per heavy atom. The molecule has 0 aliphatic rings. The largest absolute Gasteiger partial charge is 0.479 e. The standard InChI is InChI=1S/C10H16O2S4/c1-4-11-9(13)15-6-8(3)7-16-10(14)12-5-2/h3-7H2,1-2H3. The molecule has 0 aromatic carbocycles. The van der Waals surface area contributed by atoms with Crippen LogP contribution < -0.4 is 0 Å². The van der Waals surface area contributed by atoms with Gasteiger partial charge in [-0.15, -0.1) is 0 Å². The Labute approximate surface area is 117 Å². The molecule has 0 aromatic heterocycles. The topological polar surface area (TPSA) is 18.5 Å². The van der Waals surface area contributed by atoms with Crippen molar-refractivity contribution < 1.29 is 9.47 Å². The molecule has 6 heteroatoms. The second-order valence-electron chi connectivity index (χ2n) is 2.69. The first-order valence-corrected chi connectivity index (χ1v) is 7.64. The van der Waals surface area contributed by atoms with E-state index in [1.165, 1.54) is 23.5 Å².